The molecule has 1 aromatic carbocycles. The van der Waals surface area contributed by atoms with Crippen LogP contribution in [0.3, 0.4) is 0 Å². The van der Waals surface area contributed by atoms with Crippen LogP contribution in [0.2, 0.25) is 0 Å². The van der Waals surface area contributed by atoms with Crippen LogP contribution in [-0.2, 0) is 36.0 Å². The van der Waals surface area contributed by atoms with E-state index in [0.717, 1.165) is 0 Å². The van der Waals surface area contributed by atoms with Gasteiger partial charge in [-0.2, -0.15) is 0 Å². The second kappa shape index (κ2) is 7.56. The lowest BCUT2D eigenvalue weighted by Crippen LogP contribution is -2.41. The zero-order chi connectivity index (χ0) is 20.9. The number of benzene rings is 1. The normalized spacial score (nSPS) is 18.9. The van der Waals surface area contributed by atoms with Gasteiger partial charge in [-0.1, -0.05) is 0 Å². The molecular formula is C19H19F4N3O2S. The van der Waals surface area contributed by atoms with Crippen molar-refractivity contribution in [3.63, 3.8) is 0 Å². The summed E-state index contributed by atoms with van der Waals surface area (Å²) in [5, 5.41) is 0. The lowest BCUT2D eigenvalue weighted by Gasteiger charge is -2.27. The van der Waals surface area contributed by atoms with Crippen molar-refractivity contribution in [2.75, 3.05) is 26.3 Å². The van der Waals surface area contributed by atoms with Crippen LogP contribution in [0.5, 0.6) is 0 Å². The smallest absolute Gasteiger partial charge is 0.228 e. The van der Waals surface area contributed by atoms with Gasteiger partial charge in [-0.25, -0.2) is 17.6 Å². The fourth-order valence-corrected chi connectivity index (χ4v) is 4.42. The zero-order valence-corrected chi connectivity index (χ0v) is 16.5. The van der Waals surface area contributed by atoms with Gasteiger partial charge >= 0.3 is 0 Å². The second-order valence-corrected chi connectivity index (χ2v) is 7.66. The van der Waals surface area contributed by atoms with Crippen LogP contribution < -0.4 is 0 Å². The molecule has 1 atom stereocenters. The predicted octanol–water partition coefficient (Wildman–Crippen LogP) is 2.85. The van der Waals surface area contributed by atoms with Crippen molar-refractivity contribution in [1.29, 1.82) is 0 Å². The van der Waals surface area contributed by atoms with E-state index in [4.69, 9.17) is 17.0 Å². The Bertz CT molecular complexity index is 1020. The topological polar surface area (TPSA) is 39.4 Å². The Morgan fingerprint density at radius 3 is 2.41 bits per heavy atom. The van der Waals surface area contributed by atoms with Gasteiger partial charge < -0.3 is 18.8 Å². The number of morpholine rings is 1. The molecule has 0 unspecified atom stereocenters. The first kappa shape index (κ1) is 20.1. The van der Waals surface area contributed by atoms with Crippen LogP contribution in [-0.4, -0.2) is 46.2 Å². The van der Waals surface area contributed by atoms with E-state index in [1.54, 1.807) is 21.1 Å². The van der Waals surface area contributed by atoms with Gasteiger partial charge in [-0.15, -0.1) is 0 Å². The highest BCUT2D eigenvalue weighted by Crippen LogP contribution is 2.36. The number of halogens is 4. The van der Waals surface area contributed by atoms with E-state index in [-0.39, 0.29) is 31.4 Å². The van der Waals surface area contributed by atoms with E-state index in [9.17, 15) is 22.4 Å². The SMILES string of the molecule is Cn1c(CC(=O)N2CCOCC2)c2n(c1=S)C[C@@H](c1c(F)c(F)cc(F)c1F)C2. The average Bonchev–Trinajstić information content (AvgIpc) is 3.22. The third kappa shape index (κ3) is 3.38. The molecule has 2 aromatic rings. The number of rotatable bonds is 3. The summed E-state index contributed by atoms with van der Waals surface area (Å²) in [6.45, 7) is 2.04. The number of fused-ring (bicyclic) bond motifs is 1. The average molecular weight is 429 g/mol. The third-order valence-corrected chi connectivity index (χ3v) is 6.16. The molecule has 3 heterocycles. The fourth-order valence-electron chi connectivity index (χ4n) is 4.13. The molecule has 29 heavy (non-hydrogen) atoms. The molecule has 1 fully saturated rings. The molecule has 1 amide bonds. The summed E-state index contributed by atoms with van der Waals surface area (Å²) in [4.78, 5) is 14.4. The summed E-state index contributed by atoms with van der Waals surface area (Å²) in [5.74, 6) is -6.54. The third-order valence-electron chi connectivity index (χ3n) is 5.66. The van der Waals surface area contributed by atoms with Crippen molar-refractivity contribution in [2.24, 2.45) is 7.05 Å². The minimum Gasteiger partial charge on any atom is -0.378 e. The lowest BCUT2D eigenvalue weighted by molar-refractivity contribution is -0.134. The van der Waals surface area contributed by atoms with Crippen molar-refractivity contribution in [3.8, 4) is 0 Å². The minimum atomic E-state index is -1.43. The molecule has 2 aliphatic heterocycles. The van der Waals surface area contributed by atoms with Crippen molar-refractivity contribution in [2.45, 2.75) is 25.3 Å². The fraction of sp³-hybridized carbons (Fsp3) is 0.474. The summed E-state index contributed by atoms with van der Waals surface area (Å²) >= 11 is 5.42. The molecule has 5 nitrogen and oxygen atoms in total. The monoisotopic (exact) mass is 429 g/mol. The predicted molar refractivity (Wildman–Crippen MR) is 98.1 cm³/mol. The van der Waals surface area contributed by atoms with Crippen LogP contribution in [0.4, 0.5) is 17.6 Å². The molecule has 0 N–H and O–H groups in total. The van der Waals surface area contributed by atoms with Gasteiger partial charge in [-0.3, -0.25) is 4.79 Å². The number of aromatic nitrogens is 2. The van der Waals surface area contributed by atoms with Crippen LogP contribution in [0.25, 0.3) is 0 Å². The first-order valence-electron chi connectivity index (χ1n) is 9.25. The number of nitrogens with zero attached hydrogens (tertiary/aromatic N) is 3. The van der Waals surface area contributed by atoms with E-state index in [2.05, 4.69) is 0 Å². The van der Waals surface area contributed by atoms with Crippen molar-refractivity contribution in [1.82, 2.24) is 14.0 Å². The molecule has 0 saturated carbocycles. The molecule has 0 radical (unpaired) electrons. The number of hydrogen-bond acceptors (Lipinski definition) is 3. The number of hydrogen-bond donors (Lipinski definition) is 0. The molecule has 0 aliphatic carbocycles. The zero-order valence-electron chi connectivity index (χ0n) is 15.7. The van der Waals surface area contributed by atoms with Gasteiger partial charge in [0.1, 0.15) is 0 Å². The Balaban J connectivity index is 1.65. The first-order valence-corrected chi connectivity index (χ1v) is 9.66. The molecule has 1 saturated heterocycles. The Labute approximate surface area is 169 Å². The number of amides is 1. The van der Waals surface area contributed by atoms with Crippen LogP contribution in [0.1, 0.15) is 22.9 Å². The van der Waals surface area contributed by atoms with Gasteiger partial charge in [0.25, 0.3) is 0 Å². The van der Waals surface area contributed by atoms with Crippen molar-refractivity contribution < 1.29 is 27.1 Å². The highest BCUT2D eigenvalue weighted by atomic mass is 32.1. The van der Waals surface area contributed by atoms with E-state index >= 15 is 0 Å². The Morgan fingerprint density at radius 2 is 1.79 bits per heavy atom. The van der Waals surface area contributed by atoms with E-state index in [1.807, 2.05) is 0 Å². The van der Waals surface area contributed by atoms with E-state index < -0.39 is 34.8 Å². The highest BCUT2D eigenvalue weighted by Gasteiger charge is 2.34. The maximum Gasteiger partial charge on any atom is 0.228 e. The first-order chi connectivity index (χ1) is 13.8. The Kier molecular flexibility index (Phi) is 5.24. The molecule has 2 aliphatic rings. The van der Waals surface area contributed by atoms with Gasteiger partial charge in [0, 0.05) is 55.6 Å². The van der Waals surface area contributed by atoms with Crippen LogP contribution in [0.15, 0.2) is 6.07 Å². The number of ether oxygens (including phenoxy) is 1. The van der Waals surface area contributed by atoms with Gasteiger partial charge in [0.15, 0.2) is 28.0 Å². The molecule has 1 aromatic heterocycles. The van der Waals surface area contributed by atoms with E-state index in [0.29, 0.717) is 42.5 Å². The molecule has 0 spiro atoms. The second-order valence-electron chi connectivity index (χ2n) is 7.30. The van der Waals surface area contributed by atoms with E-state index in [1.165, 1.54) is 0 Å². The molecule has 10 heteroatoms. The van der Waals surface area contributed by atoms with Crippen molar-refractivity contribution in [3.05, 3.63) is 51.1 Å². The summed E-state index contributed by atoms with van der Waals surface area (Å²) in [6.07, 6.45) is 0.213. The lowest BCUT2D eigenvalue weighted by atomic mass is 9.94. The Hall–Kier alpha value is -2.20. The summed E-state index contributed by atoms with van der Waals surface area (Å²) in [6, 6.07) is 0.203. The largest absolute Gasteiger partial charge is 0.378 e. The maximum atomic E-state index is 14.3. The number of imidazole rings is 1. The minimum absolute atomic E-state index is 0.0810. The standard InChI is InChI=1S/C19H19F4N3O2S/c1-24-13(8-15(27)25-2-4-28-5-3-25)14-6-10(9-26(14)19(24)29)16-17(22)11(20)7-12(21)18(16)23/h7,10H,2-6,8-9H2,1H3/t10-/m0/s1. The molecule has 0 bridgehead atoms. The highest BCUT2D eigenvalue weighted by molar-refractivity contribution is 7.71. The Morgan fingerprint density at radius 1 is 1.17 bits per heavy atom. The number of carbonyl (C=O) groups excluding carboxylic acids is 1. The summed E-state index contributed by atoms with van der Waals surface area (Å²) in [5.41, 5.74) is 0.688. The molecular weight excluding hydrogens is 410 g/mol. The van der Waals surface area contributed by atoms with Gasteiger partial charge in [-0.05, 0) is 18.6 Å². The summed E-state index contributed by atoms with van der Waals surface area (Å²) < 4.78 is 64.9. The molecule has 156 valence electrons. The maximum absolute atomic E-state index is 14.3. The van der Waals surface area contributed by atoms with Crippen LogP contribution in [0, 0.1) is 28.0 Å². The van der Waals surface area contributed by atoms with Crippen molar-refractivity contribution >= 4 is 18.1 Å². The molecule has 4 rings (SSSR count). The van der Waals surface area contributed by atoms with Gasteiger partial charge in [0.05, 0.1) is 19.6 Å². The summed E-state index contributed by atoms with van der Waals surface area (Å²) in [7, 11) is 1.73. The quantitative estimate of drug-likeness (QED) is 0.428. The van der Waals surface area contributed by atoms with Gasteiger partial charge in [0.2, 0.25) is 5.91 Å². The number of carbonyl (C=O) groups is 1. The van der Waals surface area contributed by atoms with Crippen LogP contribution >= 0.6 is 12.2 Å².